The third-order valence-corrected chi connectivity index (χ3v) is 1.77. The molecular formula is C8H13N2+. The van der Waals surface area contributed by atoms with Crippen LogP contribution in [0.1, 0.15) is 17.2 Å². The molecule has 0 saturated heterocycles. The molecule has 2 nitrogen and oxygen atoms in total. The Morgan fingerprint density at radius 1 is 1.30 bits per heavy atom. The van der Waals surface area contributed by atoms with Gasteiger partial charge in [-0.25, -0.2) is 4.57 Å². The van der Waals surface area contributed by atoms with Crippen molar-refractivity contribution in [1.82, 2.24) is 4.98 Å². The minimum atomic E-state index is 1.07. The van der Waals surface area contributed by atoms with E-state index in [1.165, 1.54) is 5.69 Å². The molecule has 1 rings (SSSR count). The predicted molar refractivity (Wildman–Crippen MR) is 39.6 cm³/mol. The maximum absolute atomic E-state index is 4.30. The van der Waals surface area contributed by atoms with Gasteiger partial charge < -0.3 is 0 Å². The Kier molecular flexibility index (Phi) is 1.70. The summed E-state index contributed by atoms with van der Waals surface area (Å²) in [6.45, 7) is 6.11. The van der Waals surface area contributed by atoms with Gasteiger partial charge in [-0.2, -0.15) is 0 Å². The summed E-state index contributed by atoms with van der Waals surface area (Å²) in [6, 6.07) is 2.08. The van der Waals surface area contributed by atoms with Crippen LogP contribution in [0.2, 0.25) is 0 Å². The summed E-state index contributed by atoms with van der Waals surface area (Å²) in [5.74, 6) is 1.07. The molecular weight excluding hydrogens is 124 g/mol. The molecule has 0 aromatic carbocycles. The molecule has 1 aromatic rings. The average molecular weight is 137 g/mol. The van der Waals surface area contributed by atoms with Gasteiger partial charge in [0, 0.05) is 19.9 Å². The fraction of sp³-hybridized carbons (Fsp3) is 0.500. The van der Waals surface area contributed by atoms with E-state index in [2.05, 4.69) is 22.5 Å². The number of nitrogens with zero attached hydrogens (tertiary/aromatic N) is 2. The van der Waals surface area contributed by atoms with Crippen LogP contribution in [0, 0.1) is 20.8 Å². The highest BCUT2D eigenvalue weighted by molar-refractivity contribution is 5.01. The lowest BCUT2D eigenvalue weighted by atomic mass is 10.3. The van der Waals surface area contributed by atoms with E-state index in [0.29, 0.717) is 0 Å². The van der Waals surface area contributed by atoms with Crippen molar-refractivity contribution in [2.75, 3.05) is 0 Å². The highest BCUT2D eigenvalue weighted by atomic mass is 15.0. The van der Waals surface area contributed by atoms with Crippen molar-refractivity contribution in [2.45, 2.75) is 20.8 Å². The van der Waals surface area contributed by atoms with Crippen LogP contribution < -0.4 is 4.57 Å². The minimum Gasteiger partial charge on any atom is -0.235 e. The van der Waals surface area contributed by atoms with Crippen molar-refractivity contribution in [1.29, 1.82) is 0 Å². The molecule has 0 aliphatic carbocycles. The smallest absolute Gasteiger partial charge is 0.235 e. The lowest BCUT2D eigenvalue weighted by Gasteiger charge is -1.97. The molecule has 0 spiro atoms. The average Bonchev–Trinajstić information content (AvgIpc) is 1.82. The van der Waals surface area contributed by atoms with E-state index in [9.17, 15) is 0 Å². The van der Waals surface area contributed by atoms with Gasteiger partial charge in [0.25, 0.3) is 5.82 Å². The molecule has 0 aliphatic rings. The highest BCUT2D eigenvalue weighted by Gasteiger charge is 2.06. The van der Waals surface area contributed by atoms with Crippen LogP contribution in [0.5, 0.6) is 0 Å². The molecule has 1 aromatic heterocycles. The summed E-state index contributed by atoms with van der Waals surface area (Å²) < 4.78 is 2.08. The van der Waals surface area contributed by atoms with Crippen LogP contribution in [0.25, 0.3) is 0 Å². The number of rotatable bonds is 0. The molecule has 0 atom stereocenters. The van der Waals surface area contributed by atoms with Crippen molar-refractivity contribution in [3.05, 3.63) is 23.3 Å². The topological polar surface area (TPSA) is 16.8 Å². The van der Waals surface area contributed by atoms with Crippen molar-refractivity contribution in [2.24, 2.45) is 7.05 Å². The Morgan fingerprint density at radius 2 is 1.90 bits per heavy atom. The van der Waals surface area contributed by atoms with Gasteiger partial charge >= 0.3 is 0 Å². The van der Waals surface area contributed by atoms with Gasteiger partial charge in [-0.05, 0) is 6.92 Å². The van der Waals surface area contributed by atoms with Gasteiger partial charge in [0.1, 0.15) is 5.69 Å². The van der Waals surface area contributed by atoms with E-state index in [-0.39, 0.29) is 0 Å². The first-order chi connectivity index (χ1) is 4.61. The maximum atomic E-state index is 4.30. The van der Waals surface area contributed by atoms with Gasteiger partial charge in [0.15, 0.2) is 5.69 Å². The molecule has 0 amide bonds. The summed E-state index contributed by atoms with van der Waals surface area (Å²) in [7, 11) is 2.02. The first-order valence-electron chi connectivity index (χ1n) is 3.42. The second-order valence-corrected chi connectivity index (χ2v) is 2.65. The fourth-order valence-electron chi connectivity index (χ4n) is 1.02. The zero-order valence-electron chi connectivity index (χ0n) is 6.97. The Balaban J connectivity index is 3.31. The van der Waals surface area contributed by atoms with Gasteiger partial charge in [-0.1, -0.05) is 4.98 Å². The Morgan fingerprint density at radius 3 is 2.40 bits per heavy atom. The monoisotopic (exact) mass is 137 g/mol. The standard InChI is InChI=1S/C8H13N2/c1-6-5-7(2)10(4)8(3)9-6/h5H,1-4H3/q+1. The second kappa shape index (κ2) is 2.37. The van der Waals surface area contributed by atoms with E-state index < -0.39 is 0 Å². The van der Waals surface area contributed by atoms with Crippen LogP contribution in [0.15, 0.2) is 6.07 Å². The molecule has 0 saturated carbocycles. The highest BCUT2D eigenvalue weighted by Crippen LogP contribution is 1.94. The third-order valence-electron chi connectivity index (χ3n) is 1.77. The van der Waals surface area contributed by atoms with E-state index >= 15 is 0 Å². The molecule has 1 heterocycles. The van der Waals surface area contributed by atoms with Crippen LogP contribution in [0.4, 0.5) is 0 Å². The fourth-order valence-corrected chi connectivity index (χ4v) is 1.02. The first kappa shape index (κ1) is 7.19. The predicted octanol–water partition coefficient (Wildman–Crippen LogP) is 0.831. The van der Waals surface area contributed by atoms with Crippen molar-refractivity contribution in [3.63, 3.8) is 0 Å². The lowest BCUT2D eigenvalue weighted by molar-refractivity contribution is -0.687. The van der Waals surface area contributed by atoms with Gasteiger partial charge in [-0.15, -0.1) is 0 Å². The number of hydrogen-bond acceptors (Lipinski definition) is 1. The molecule has 54 valence electrons. The van der Waals surface area contributed by atoms with Crippen LogP contribution in [-0.2, 0) is 7.05 Å². The van der Waals surface area contributed by atoms with Crippen molar-refractivity contribution < 1.29 is 4.57 Å². The van der Waals surface area contributed by atoms with Gasteiger partial charge in [0.2, 0.25) is 0 Å². The van der Waals surface area contributed by atoms with E-state index in [1.54, 1.807) is 0 Å². The van der Waals surface area contributed by atoms with Crippen LogP contribution >= 0.6 is 0 Å². The molecule has 0 bridgehead atoms. The summed E-state index contributed by atoms with van der Waals surface area (Å²) in [5, 5.41) is 0. The zero-order valence-corrected chi connectivity index (χ0v) is 6.97. The Labute approximate surface area is 61.5 Å². The van der Waals surface area contributed by atoms with Crippen molar-refractivity contribution >= 4 is 0 Å². The maximum Gasteiger partial charge on any atom is 0.295 e. The Hall–Kier alpha value is -0.920. The molecule has 0 aliphatic heterocycles. The van der Waals surface area contributed by atoms with E-state index in [0.717, 1.165) is 11.5 Å². The van der Waals surface area contributed by atoms with E-state index in [1.807, 2.05) is 20.9 Å². The SMILES string of the molecule is Cc1cc(C)[n+](C)c(C)n1. The molecule has 0 N–H and O–H groups in total. The third kappa shape index (κ3) is 1.15. The van der Waals surface area contributed by atoms with Crippen molar-refractivity contribution in [3.8, 4) is 0 Å². The summed E-state index contributed by atoms with van der Waals surface area (Å²) in [5.41, 5.74) is 2.35. The van der Waals surface area contributed by atoms with E-state index in [4.69, 9.17) is 0 Å². The normalized spacial score (nSPS) is 10.0. The number of hydrogen-bond donors (Lipinski definition) is 0. The molecule has 0 fully saturated rings. The number of aromatic nitrogens is 2. The number of aryl methyl sites for hydroxylation is 3. The van der Waals surface area contributed by atoms with Gasteiger partial charge in [-0.3, -0.25) is 0 Å². The first-order valence-corrected chi connectivity index (χ1v) is 3.42. The lowest BCUT2D eigenvalue weighted by Crippen LogP contribution is -2.36. The quantitative estimate of drug-likeness (QED) is 0.484. The minimum absolute atomic E-state index is 1.07. The largest absolute Gasteiger partial charge is 0.295 e. The van der Waals surface area contributed by atoms with Crippen LogP contribution in [-0.4, -0.2) is 4.98 Å². The summed E-state index contributed by atoms with van der Waals surface area (Å²) >= 11 is 0. The van der Waals surface area contributed by atoms with Gasteiger partial charge in [0.05, 0.1) is 7.05 Å². The Bertz CT molecular complexity index is 230. The van der Waals surface area contributed by atoms with Crippen LogP contribution in [0.3, 0.4) is 0 Å². The molecule has 0 unspecified atom stereocenters. The molecule has 2 heteroatoms. The molecule has 0 radical (unpaired) electrons. The summed E-state index contributed by atoms with van der Waals surface area (Å²) in [6.07, 6.45) is 0. The zero-order chi connectivity index (χ0) is 7.72. The summed E-state index contributed by atoms with van der Waals surface area (Å²) in [4.78, 5) is 4.30. The second-order valence-electron chi connectivity index (χ2n) is 2.65. The molecule has 10 heavy (non-hydrogen) atoms.